The summed E-state index contributed by atoms with van der Waals surface area (Å²) in [6.45, 7) is 4.09. The Bertz CT molecular complexity index is 749. The number of aromatic nitrogens is 1. The number of nitrogens with two attached hydrogens (primary N) is 1. The topological polar surface area (TPSA) is 84.9 Å². The Hall–Kier alpha value is -2.80. The number of nitrogens with one attached hydrogen (secondary N) is 1. The lowest BCUT2D eigenvalue weighted by atomic mass is 10.1. The zero-order chi connectivity index (χ0) is 17.7. The second-order valence-corrected chi connectivity index (χ2v) is 5.60. The summed E-state index contributed by atoms with van der Waals surface area (Å²) in [5, 5.41) is 7.91. The quantitative estimate of drug-likeness (QED) is 0.383. The van der Waals surface area contributed by atoms with Gasteiger partial charge in [-0.3, -0.25) is 5.01 Å². The summed E-state index contributed by atoms with van der Waals surface area (Å²) in [7, 11) is 3.43. The molecule has 7 heteroatoms. The van der Waals surface area contributed by atoms with Crippen molar-refractivity contribution in [1.29, 1.82) is 0 Å². The van der Waals surface area contributed by atoms with Gasteiger partial charge in [0.1, 0.15) is 12.3 Å². The van der Waals surface area contributed by atoms with E-state index in [2.05, 4.69) is 10.5 Å². The van der Waals surface area contributed by atoms with E-state index in [0.29, 0.717) is 5.69 Å². The summed E-state index contributed by atoms with van der Waals surface area (Å²) in [6.07, 6.45) is 1.95. The maximum Gasteiger partial charge on any atom is 0.335 e. The van der Waals surface area contributed by atoms with Crippen molar-refractivity contribution in [1.82, 2.24) is 9.58 Å². The van der Waals surface area contributed by atoms with Crippen molar-refractivity contribution >= 4 is 17.4 Å². The third kappa shape index (κ3) is 4.14. The van der Waals surface area contributed by atoms with Crippen LogP contribution in [0, 0.1) is 6.92 Å². The average Bonchev–Trinajstić information content (AvgIpc) is 2.95. The first-order valence-electron chi connectivity index (χ1n) is 7.56. The van der Waals surface area contributed by atoms with Crippen molar-refractivity contribution in [2.75, 3.05) is 12.4 Å². The van der Waals surface area contributed by atoms with E-state index in [1.165, 1.54) is 7.05 Å². The Morgan fingerprint density at radius 3 is 2.75 bits per heavy atom. The number of hydrogen-bond acceptors (Lipinski definition) is 4. The number of carbonyl (C=O) groups is 1. The summed E-state index contributed by atoms with van der Waals surface area (Å²) in [5.41, 5.74) is 4.28. The number of benzene rings is 1. The van der Waals surface area contributed by atoms with Gasteiger partial charge < -0.3 is 14.7 Å². The van der Waals surface area contributed by atoms with E-state index in [9.17, 15) is 4.79 Å². The molecule has 24 heavy (non-hydrogen) atoms. The van der Waals surface area contributed by atoms with Gasteiger partial charge >= 0.3 is 6.03 Å². The van der Waals surface area contributed by atoms with Crippen LogP contribution >= 0.6 is 0 Å². The Labute approximate surface area is 141 Å². The van der Waals surface area contributed by atoms with E-state index in [0.717, 1.165) is 27.5 Å². The lowest BCUT2D eigenvalue weighted by molar-refractivity contribution is 0.130. The molecular weight excluding hydrogens is 306 g/mol. The molecule has 0 fully saturated rings. The maximum atomic E-state index is 11.8. The highest BCUT2D eigenvalue weighted by molar-refractivity contribution is 5.96. The lowest BCUT2D eigenvalue weighted by Gasteiger charge is -2.16. The van der Waals surface area contributed by atoms with Crippen LogP contribution in [0.3, 0.4) is 0 Å². The van der Waals surface area contributed by atoms with E-state index in [4.69, 9.17) is 10.7 Å². The van der Waals surface area contributed by atoms with Crippen molar-refractivity contribution in [3.8, 4) is 0 Å². The highest BCUT2D eigenvalue weighted by Gasteiger charge is 2.11. The van der Waals surface area contributed by atoms with Gasteiger partial charge in [0.2, 0.25) is 0 Å². The molecular formula is C17H23N5O2. The number of hydrazine groups is 1. The largest absolute Gasteiger partial charge is 0.391 e. The van der Waals surface area contributed by atoms with Crippen LogP contribution in [0.1, 0.15) is 23.7 Å². The molecule has 2 aromatic rings. The SMILES string of the molecule is CC(=NOCc1c(C)cccc1NC(=O)N(C)N)c1cccn1C. The zero-order valence-corrected chi connectivity index (χ0v) is 14.4. The predicted molar refractivity (Wildman–Crippen MR) is 94.6 cm³/mol. The van der Waals surface area contributed by atoms with Gasteiger partial charge in [-0.05, 0) is 37.6 Å². The molecule has 1 aromatic heterocycles. The third-order valence-electron chi connectivity index (χ3n) is 3.70. The van der Waals surface area contributed by atoms with Crippen LogP contribution < -0.4 is 11.2 Å². The summed E-state index contributed by atoms with van der Waals surface area (Å²) >= 11 is 0. The highest BCUT2D eigenvalue weighted by Crippen LogP contribution is 2.21. The molecule has 1 aromatic carbocycles. The monoisotopic (exact) mass is 329 g/mol. The van der Waals surface area contributed by atoms with Gasteiger partial charge in [0.05, 0.1) is 5.69 Å². The molecule has 0 saturated carbocycles. The molecule has 128 valence electrons. The van der Waals surface area contributed by atoms with Crippen molar-refractivity contribution in [3.05, 3.63) is 53.3 Å². The first-order chi connectivity index (χ1) is 11.4. The molecule has 0 aliphatic heterocycles. The van der Waals surface area contributed by atoms with E-state index in [1.807, 2.05) is 55.9 Å². The summed E-state index contributed by atoms with van der Waals surface area (Å²) in [4.78, 5) is 17.3. The first kappa shape index (κ1) is 17.6. The second kappa shape index (κ2) is 7.65. The fourth-order valence-electron chi connectivity index (χ4n) is 2.29. The molecule has 3 N–H and O–H groups in total. The summed E-state index contributed by atoms with van der Waals surface area (Å²) < 4.78 is 1.97. The van der Waals surface area contributed by atoms with Gasteiger partial charge in [-0.15, -0.1) is 0 Å². The van der Waals surface area contributed by atoms with Crippen molar-refractivity contribution in [2.45, 2.75) is 20.5 Å². The van der Waals surface area contributed by atoms with E-state index >= 15 is 0 Å². The van der Waals surface area contributed by atoms with Crippen LogP contribution in [-0.4, -0.2) is 28.4 Å². The van der Waals surface area contributed by atoms with E-state index in [-0.39, 0.29) is 6.61 Å². The Balaban J connectivity index is 2.12. The Morgan fingerprint density at radius 2 is 2.12 bits per heavy atom. The number of amides is 2. The molecule has 0 spiro atoms. The highest BCUT2D eigenvalue weighted by atomic mass is 16.6. The predicted octanol–water partition coefficient (Wildman–Crippen LogP) is 2.61. The lowest BCUT2D eigenvalue weighted by Crippen LogP contribution is -2.37. The van der Waals surface area contributed by atoms with Gasteiger partial charge in [-0.1, -0.05) is 17.3 Å². The molecule has 0 radical (unpaired) electrons. The van der Waals surface area contributed by atoms with Crippen molar-refractivity contribution in [2.24, 2.45) is 18.0 Å². The maximum absolute atomic E-state index is 11.8. The fourth-order valence-corrected chi connectivity index (χ4v) is 2.29. The molecule has 1 heterocycles. The van der Waals surface area contributed by atoms with Gasteiger partial charge in [-0.25, -0.2) is 10.6 Å². The molecule has 0 unspecified atom stereocenters. The van der Waals surface area contributed by atoms with Gasteiger partial charge in [-0.2, -0.15) is 0 Å². The molecule has 0 saturated heterocycles. The molecule has 0 bridgehead atoms. The van der Waals surface area contributed by atoms with Crippen LogP contribution in [0.15, 0.2) is 41.7 Å². The fraction of sp³-hybridized carbons (Fsp3) is 0.294. The zero-order valence-electron chi connectivity index (χ0n) is 14.4. The normalized spacial score (nSPS) is 11.3. The minimum Gasteiger partial charge on any atom is -0.391 e. The van der Waals surface area contributed by atoms with Gasteiger partial charge in [0.25, 0.3) is 0 Å². The summed E-state index contributed by atoms with van der Waals surface area (Å²) in [6, 6.07) is 9.15. The number of anilines is 1. The third-order valence-corrected chi connectivity index (χ3v) is 3.70. The first-order valence-corrected chi connectivity index (χ1v) is 7.56. The minimum absolute atomic E-state index is 0.248. The van der Waals surface area contributed by atoms with E-state index < -0.39 is 6.03 Å². The molecule has 2 amide bonds. The molecule has 2 rings (SSSR count). The average molecular weight is 329 g/mol. The second-order valence-electron chi connectivity index (χ2n) is 5.60. The molecule has 7 nitrogen and oxygen atoms in total. The molecule has 0 aliphatic rings. The molecule has 0 atom stereocenters. The van der Waals surface area contributed by atoms with Crippen molar-refractivity contribution in [3.63, 3.8) is 0 Å². The van der Waals surface area contributed by atoms with Crippen LogP contribution in [-0.2, 0) is 18.5 Å². The number of aryl methyl sites for hydroxylation is 2. The van der Waals surface area contributed by atoms with Crippen LogP contribution in [0.4, 0.5) is 10.5 Å². The smallest absolute Gasteiger partial charge is 0.335 e. The summed E-state index contributed by atoms with van der Waals surface area (Å²) in [5.74, 6) is 5.45. The minimum atomic E-state index is -0.398. The molecule has 0 aliphatic carbocycles. The van der Waals surface area contributed by atoms with Gasteiger partial charge in [0.15, 0.2) is 0 Å². The number of urea groups is 1. The van der Waals surface area contributed by atoms with Crippen LogP contribution in [0.2, 0.25) is 0 Å². The number of oxime groups is 1. The number of nitrogens with zero attached hydrogens (tertiary/aromatic N) is 3. The Kier molecular flexibility index (Phi) is 5.59. The van der Waals surface area contributed by atoms with Crippen LogP contribution in [0.5, 0.6) is 0 Å². The standard InChI is InChI=1S/C17H23N5O2/c1-12-7-5-8-15(19-17(23)22(4)18)14(12)11-24-20-13(2)16-9-6-10-21(16)3/h5-10H,11,18H2,1-4H3,(H,19,23). The van der Waals surface area contributed by atoms with Crippen molar-refractivity contribution < 1.29 is 9.63 Å². The Morgan fingerprint density at radius 1 is 1.38 bits per heavy atom. The number of carbonyl (C=O) groups excluding carboxylic acids is 1. The van der Waals surface area contributed by atoms with Gasteiger partial charge in [0, 0.05) is 31.5 Å². The van der Waals surface area contributed by atoms with E-state index in [1.54, 1.807) is 6.07 Å². The van der Waals surface area contributed by atoms with Crippen LogP contribution in [0.25, 0.3) is 0 Å². The number of hydrogen-bond donors (Lipinski definition) is 2. The number of rotatable bonds is 5.